The van der Waals surface area contributed by atoms with E-state index < -0.39 is 12.1 Å². The van der Waals surface area contributed by atoms with E-state index in [1.165, 1.54) is 6.07 Å². The van der Waals surface area contributed by atoms with Gasteiger partial charge in [-0.3, -0.25) is 5.32 Å². The number of nitrogens with one attached hydrogen (secondary N) is 1. The summed E-state index contributed by atoms with van der Waals surface area (Å²) >= 11 is 0. The lowest BCUT2D eigenvalue weighted by atomic mass is 10.0. The SMILES string of the molecule is Cc1c(O)ccc2cc(C(=O)O)ccc12.Cc1c(O)ccc2cc(NC(=O)OCc3ccccc3)ccc12. The lowest BCUT2D eigenvalue weighted by Gasteiger charge is -2.09. The molecule has 0 atom stereocenters. The second-order valence-corrected chi connectivity index (χ2v) is 8.78. The number of ether oxygens (including phenoxy) is 1. The molecule has 0 aliphatic rings. The van der Waals surface area contributed by atoms with Gasteiger partial charge in [-0.1, -0.05) is 54.6 Å². The zero-order valence-corrected chi connectivity index (χ0v) is 20.9. The summed E-state index contributed by atoms with van der Waals surface area (Å²) in [5.74, 6) is -0.450. The molecule has 0 aliphatic carbocycles. The first-order valence-electron chi connectivity index (χ1n) is 11.9. The molecule has 0 saturated carbocycles. The molecule has 0 aliphatic heterocycles. The average Bonchev–Trinajstić information content (AvgIpc) is 2.92. The Morgan fingerprint density at radius 1 is 0.737 bits per heavy atom. The maximum Gasteiger partial charge on any atom is 0.411 e. The fourth-order valence-corrected chi connectivity index (χ4v) is 4.04. The molecule has 5 aromatic carbocycles. The van der Waals surface area contributed by atoms with E-state index >= 15 is 0 Å². The van der Waals surface area contributed by atoms with Crippen LogP contribution < -0.4 is 5.32 Å². The molecule has 7 nitrogen and oxygen atoms in total. The molecule has 0 aromatic heterocycles. The largest absolute Gasteiger partial charge is 0.508 e. The van der Waals surface area contributed by atoms with Crippen molar-refractivity contribution >= 4 is 39.3 Å². The van der Waals surface area contributed by atoms with Crippen molar-refractivity contribution in [3.8, 4) is 11.5 Å². The van der Waals surface area contributed by atoms with Crippen LogP contribution in [0.15, 0.2) is 91.0 Å². The Morgan fingerprint density at radius 3 is 1.92 bits per heavy atom. The van der Waals surface area contributed by atoms with Gasteiger partial charge in [-0.25, -0.2) is 9.59 Å². The molecule has 38 heavy (non-hydrogen) atoms. The molecule has 0 saturated heterocycles. The van der Waals surface area contributed by atoms with Crippen LogP contribution in [0.5, 0.6) is 11.5 Å². The van der Waals surface area contributed by atoms with Gasteiger partial charge >= 0.3 is 12.1 Å². The monoisotopic (exact) mass is 509 g/mol. The first-order chi connectivity index (χ1) is 18.2. The van der Waals surface area contributed by atoms with E-state index in [-0.39, 0.29) is 23.7 Å². The molecule has 0 unspecified atom stereocenters. The summed E-state index contributed by atoms with van der Waals surface area (Å²) in [6.07, 6.45) is -0.497. The number of anilines is 1. The number of benzene rings is 5. The first kappa shape index (κ1) is 26.0. The number of amides is 1. The number of hydrogen-bond donors (Lipinski definition) is 4. The smallest absolute Gasteiger partial charge is 0.411 e. The van der Waals surface area contributed by atoms with Crippen LogP contribution in [-0.4, -0.2) is 27.4 Å². The number of rotatable bonds is 4. The van der Waals surface area contributed by atoms with Crippen molar-refractivity contribution in [2.24, 2.45) is 0 Å². The third-order valence-electron chi connectivity index (χ3n) is 6.23. The van der Waals surface area contributed by atoms with Crippen molar-refractivity contribution in [3.05, 3.63) is 113 Å². The molecule has 0 bridgehead atoms. The lowest BCUT2D eigenvalue weighted by molar-refractivity contribution is 0.0697. The fraction of sp³-hybridized carbons (Fsp3) is 0.0968. The predicted octanol–water partition coefficient (Wildman–Crippen LogP) is 7.15. The molecule has 4 N–H and O–H groups in total. The Kier molecular flexibility index (Phi) is 7.77. The zero-order chi connectivity index (χ0) is 27.2. The quantitative estimate of drug-likeness (QED) is 0.204. The summed E-state index contributed by atoms with van der Waals surface area (Å²) < 4.78 is 5.20. The van der Waals surface area contributed by atoms with E-state index in [0.29, 0.717) is 5.69 Å². The number of fused-ring (bicyclic) bond motifs is 2. The third kappa shape index (κ3) is 6.02. The number of carboxylic acid groups (broad SMARTS) is 1. The predicted molar refractivity (Wildman–Crippen MR) is 148 cm³/mol. The molecule has 0 spiro atoms. The summed E-state index contributed by atoms with van der Waals surface area (Å²) in [7, 11) is 0. The minimum atomic E-state index is -0.942. The van der Waals surface area contributed by atoms with Crippen LogP contribution in [0, 0.1) is 13.8 Å². The van der Waals surface area contributed by atoms with E-state index in [4.69, 9.17) is 9.84 Å². The number of hydrogen-bond acceptors (Lipinski definition) is 5. The molecular formula is C31H27NO6. The molecule has 0 fully saturated rings. The van der Waals surface area contributed by atoms with Crippen LogP contribution in [0.4, 0.5) is 10.5 Å². The number of aryl methyl sites for hydroxylation is 2. The fourth-order valence-electron chi connectivity index (χ4n) is 4.04. The second-order valence-electron chi connectivity index (χ2n) is 8.78. The summed E-state index contributed by atoms with van der Waals surface area (Å²) in [6, 6.07) is 26.6. The van der Waals surface area contributed by atoms with Crippen LogP contribution in [0.3, 0.4) is 0 Å². The Morgan fingerprint density at radius 2 is 1.32 bits per heavy atom. The Bertz CT molecular complexity index is 1630. The van der Waals surface area contributed by atoms with Crippen LogP contribution in [-0.2, 0) is 11.3 Å². The number of aromatic hydroxyl groups is 2. The topological polar surface area (TPSA) is 116 Å². The van der Waals surface area contributed by atoms with Crippen molar-refractivity contribution in [3.63, 3.8) is 0 Å². The van der Waals surface area contributed by atoms with Gasteiger partial charge in [0.1, 0.15) is 18.1 Å². The van der Waals surface area contributed by atoms with Gasteiger partial charge < -0.3 is 20.1 Å². The van der Waals surface area contributed by atoms with E-state index in [1.54, 1.807) is 43.3 Å². The summed E-state index contributed by atoms with van der Waals surface area (Å²) in [4.78, 5) is 22.6. The highest BCUT2D eigenvalue weighted by molar-refractivity contribution is 5.96. The highest BCUT2D eigenvalue weighted by Gasteiger charge is 2.08. The standard InChI is InChI=1S/C19H17NO3.C12H10O3/c1-13-17-9-8-16(11-15(17)7-10-18(13)21)20-19(22)23-12-14-5-3-2-4-6-14;1-7-10-4-2-9(12(14)15)6-8(10)3-5-11(7)13/h2-11,21H,12H2,1H3,(H,20,22);2-6,13H,1H3,(H,14,15). The molecule has 5 aromatic rings. The van der Waals surface area contributed by atoms with Crippen molar-refractivity contribution in [2.45, 2.75) is 20.5 Å². The number of carbonyl (C=O) groups excluding carboxylic acids is 1. The number of aromatic carboxylic acids is 1. The Labute approximate surface area is 219 Å². The van der Waals surface area contributed by atoms with Crippen molar-refractivity contribution < 1.29 is 29.6 Å². The van der Waals surface area contributed by atoms with Gasteiger partial charge in [0.05, 0.1) is 5.56 Å². The van der Waals surface area contributed by atoms with Gasteiger partial charge in [-0.15, -0.1) is 0 Å². The lowest BCUT2D eigenvalue weighted by Crippen LogP contribution is -2.13. The maximum atomic E-state index is 11.9. The van der Waals surface area contributed by atoms with Gasteiger partial charge in [0.15, 0.2) is 0 Å². The number of carboxylic acids is 1. The molecule has 1 amide bonds. The van der Waals surface area contributed by atoms with Gasteiger partial charge in [0, 0.05) is 5.69 Å². The minimum absolute atomic E-state index is 0.227. The molecule has 7 heteroatoms. The number of phenols is 2. The summed E-state index contributed by atoms with van der Waals surface area (Å²) in [5, 5.41) is 34.3. The van der Waals surface area contributed by atoms with Crippen molar-refractivity contribution in [2.75, 3.05) is 5.32 Å². The number of carbonyl (C=O) groups is 2. The van der Waals surface area contributed by atoms with E-state index in [1.807, 2.05) is 55.5 Å². The summed E-state index contributed by atoms with van der Waals surface area (Å²) in [6.45, 7) is 3.89. The maximum absolute atomic E-state index is 11.9. The highest BCUT2D eigenvalue weighted by Crippen LogP contribution is 2.28. The molecular weight excluding hydrogens is 482 g/mol. The summed E-state index contributed by atoms with van der Waals surface area (Å²) in [5.41, 5.74) is 3.44. The van der Waals surface area contributed by atoms with E-state index in [2.05, 4.69) is 5.32 Å². The van der Waals surface area contributed by atoms with Crippen LogP contribution in [0.2, 0.25) is 0 Å². The molecule has 5 rings (SSSR count). The molecule has 0 radical (unpaired) electrons. The van der Waals surface area contributed by atoms with Crippen LogP contribution in [0.25, 0.3) is 21.5 Å². The van der Waals surface area contributed by atoms with Gasteiger partial charge in [-0.2, -0.15) is 0 Å². The van der Waals surface area contributed by atoms with Gasteiger partial charge in [-0.05, 0) is 88.5 Å². The van der Waals surface area contributed by atoms with Crippen molar-refractivity contribution in [1.82, 2.24) is 0 Å². The highest BCUT2D eigenvalue weighted by atomic mass is 16.5. The van der Waals surface area contributed by atoms with Gasteiger partial charge in [0.2, 0.25) is 0 Å². The van der Waals surface area contributed by atoms with E-state index in [0.717, 1.165) is 38.2 Å². The van der Waals surface area contributed by atoms with Crippen molar-refractivity contribution in [1.29, 1.82) is 0 Å². The van der Waals surface area contributed by atoms with Crippen LogP contribution in [0.1, 0.15) is 27.0 Å². The minimum Gasteiger partial charge on any atom is -0.508 e. The molecule has 192 valence electrons. The second kappa shape index (κ2) is 11.3. The van der Waals surface area contributed by atoms with Gasteiger partial charge in [0.25, 0.3) is 0 Å². The van der Waals surface area contributed by atoms with Crippen LogP contribution >= 0.6 is 0 Å². The Hall–Kier alpha value is -5.04. The molecule has 0 heterocycles. The Balaban J connectivity index is 0.000000194. The van der Waals surface area contributed by atoms with E-state index in [9.17, 15) is 19.8 Å². The zero-order valence-electron chi connectivity index (χ0n) is 20.9. The first-order valence-corrected chi connectivity index (χ1v) is 11.9. The normalized spacial score (nSPS) is 10.5. The third-order valence-corrected chi connectivity index (χ3v) is 6.23. The average molecular weight is 510 g/mol. The number of phenolic OH excluding ortho intramolecular Hbond substituents is 2.